The Morgan fingerprint density at radius 3 is 2.55 bits per heavy atom. The van der Waals surface area contributed by atoms with E-state index < -0.39 is 11.6 Å². The van der Waals surface area contributed by atoms with E-state index in [4.69, 9.17) is 11.6 Å². The fraction of sp³-hybridized carbons (Fsp3) is 0.0714. The second-order valence-corrected chi connectivity index (χ2v) is 4.48. The molecule has 0 atom stereocenters. The Balaban J connectivity index is 1.90. The molecular formula is C14H11ClF2N2O. The molecule has 0 radical (unpaired) electrons. The average Bonchev–Trinajstić information content (AvgIpc) is 2.40. The van der Waals surface area contributed by atoms with Crippen molar-refractivity contribution >= 4 is 28.9 Å². The van der Waals surface area contributed by atoms with Crippen molar-refractivity contribution < 1.29 is 13.6 Å². The molecule has 0 aliphatic rings. The van der Waals surface area contributed by atoms with E-state index in [-0.39, 0.29) is 12.5 Å². The number of anilines is 2. The van der Waals surface area contributed by atoms with Crippen LogP contribution in [0.1, 0.15) is 0 Å². The van der Waals surface area contributed by atoms with E-state index in [1.54, 1.807) is 24.3 Å². The van der Waals surface area contributed by atoms with E-state index in [9.17, 15) is 13.6 Å². The normalized spacial score (nSPS) is 10.2. The predicted octanol–water partition coefficient (Wildman–Crippen LogP) is 3.67. The summed E-state index contributed by atoms with van der Waals surface area (Å²) in [6, 6.07) is 10.0. The van der Waals surface area contributed by atoms with Crippen LogP contribution in [0.2, 0.25) is 5.02 Å². The van der Waals surface area contributed by atoms with Gasteiger partial charge in [-0.1, -0.05) is 17.7 Å². The van der Waals surface area contributed by atoms with Crippen molar-refractivity contribution in [2.75, 3.05) is 17.2 Å². The molecule has 20 heavy (non-hydrogen) atoms. The number of rotatable bonds is 4. The molecule has 0 aliphatic carbocycles. The van der Waals surface area contributed by atoms with E-state index in [0.717, 1.165) is 12.1 Å². The number of halogens is 3. The summed E-state index contributed by atoms with van der Waals surface area (Å²) in [4.78, 5) is 11.7. The van der Waals surface area contributed by atoms with Crippen LogP contribution in [0.15, 0.2) is 42.5 Å². The van der Waals surface area contributed by atoms with Gasteiger partial charge in [-0.05, 0) is 30.3 Å². The fourth-order valence-corrected chi connectivity index (χ4v) is 1.75. The molecule has 3 nitrogen and oxygen atoms in total. The lowest BCUT2D eigenvalue weighted by Gasteiger charge is -2.08. The van der Waals surface area contributed by atoms with Gasteiger partial charge >= 0.3 is 0 Å². The summed E-state index contributed by atoms with van der Waals surface area (Å²) in [5.41, 5.74) is 0.889. The summed E-state index contributed by atoms with van der Waals surface area (Å²) < 4.78 is 25.7. The Morgan fingerprint density at radius 1 is 1.05 bits per heavy atom. The Kier molecular flexibility index (Phi) is 4.53. The van der Waals surface area contributed by atoms with Gasteiger partial charge in [0.05, 0.1) is 6.54 Å². The minimum absolute atomic E-state index is 0.0718. The highest BCUT2D eigenvalue weighted by atomic mass is 35.5. The van der Waals surface area contributed by atoms with Gasteiger partial charge in [0.1, 0.15) is 0 Å². The zero-order chi connectivity index (χ0) is 14.5. The topological polar surface area (TPSA) is 41.1 Å². The van der Waals surface area contributed by atoms with Crippen LogP contribution in [0.3, 0.4) is 0 Å². The molecule has 6 heteroatoms. The standard InChI is InChI=1S/C14H11ClF2N2O/c15-9-2-1-3-11(6-9)19-14(20)8-18-10-4-5-12(16)13(17)7-10/h1-7,18H,8H2,(H,19,20). The third-order valence-electron chi connectivity index (χ3n) is 2.48. The molecule has 0 aromatic heterocycles. The number of hydrogen-bond acceptors (Lipinski definition) is 2. The van der Waals surface area contributed by atoms with Crippen molar-refractivity contribution in [3.8, 4) is 0 Å². The number of benzene rings is 2. The highest BCUT2D eigenvalue weighted by molar-refractivity contribution is 6.30. The maximum atomic E-state index is 13.0. The lowest BCUT2D eigenvalue weighted by Crippen LogP contribution is -2.21. The van der Waals surface area contributed by atoms with Crippen LogP contribution in [0.4, 0.5) is 20.2 Å². The zero-order valence-corrected chi connectivity index (χ0v) is 11.0. The second kappa shape index (κ2) is 6.34. The molecule has 0 unspecified atom stereocenters. The minimum Gasteiger partial charge on any atom is -0.376 e. The van der Waals surface area contributed by atoms with Crippen LogP contribution in [0.25, 0.3) is 0 Å². The third-order valence-corrected chi connectivity index (χ3v) is 2.72. The van der Waals surface area contributed by atoms with E-state index in [2.05, 4.69) is 10.6 Å². The van der Waals surface area contributed by atoms with Gasteiger partial charge in [-0.2, -0.15) is 0 Å². The van der Waals surface area contributed by atoms with Gasteiger partial charge in [0, 0.05) is 22.5 Å². The Morgan fingerprint density at radius 2 is 1.85 bits per heavy atom. The van der Waals surface area contributed by atoms with Crippen molar-refractivity contribution in [3.05, 3.63) is 59.1 Å². The Labute approximate surface area is 119 Å². The Hall–Kier alpha value is -2.14. The highest BCUT2D eigenvalue weighted by Gasteiger charge is 2.05. The smallest absolute Gasteiger partial charge is 0.243 e. The number of carbonyl (C=O) groups is 1. The summed E-state index contributed by atoms with van der Waals surface area (Å²) in [6.45, 7) is -0.0718. The number of amides is 1. The quantitative estimate of drug-likeness (QED) is 0.904. The molecule has 104 valence electrons. The molecule has 1 amide bonds. The zero-order valence-electron chi connectivity index (χ0n) is 10.3. The van der Waals surface area contributed by atoms with Crippen LogP contribution >= 0.6 is 11.6 Å². The lowest BCUT2D eigenvalue weighted by molar-refractivity contribution is -0.114. The van der Waals surface area contributed by atoms with Crippen LogP contribution in [-0.2, 0) is 4.79 Å². The predicted molar refractivity (Wildman–Crippen MR) is 74.9 cm³/mol. The maximum absolute atomic E-state index is 13.0. The van der Waals surface area contributed by atoms with E-state index in [0.29, 0.717) is 16.4 Å². The lowest BCUT2D eigenvalue weighted by atomic mass is 10.3. The molecule has 2 aromatic rings. The second-order valence-electron chi connectivity index (χ2n) is 4.04. The number of carbonyl (C=O) groups excluding carboxylic acids is 1. The van der Waals surface area contributed by atoms with Crippen molar-refractivity contribution in [2.24, 2.45) is 0 Å². The highest BCUT2D eigenvalue weighted by Crippen LogP contribution is 2.15. The molecule has 0 heterocycles. The molecule has 2 rings (SSSR count). The summed E-state index contributed by atoms with van der Waals surface area (Å²) in [5.74, 6) is -2.22. The first-order valence-corrected chi connectivity index (χ1v) is 6.17. The van der Waals surface area contributed by atoms with Gasteiger partial charge in [0.2, 0.25) is 5.91 Å². The van der Waals surface area contributed by atoms with Crippen LogP contribution in [0.5, 0.6) is 0 Å². The first kappa shape index (κ1) is 14.3. The van der Waals surface area contributed by atoms with Gasteiger partial charge in [-0.25, -0.2) is 8.78 Å². The van der Waals surface area contributed by atoms with Crippen molar-refractivity contribution in [1.82, 2.24) is 0 Å². The van der Waals surface area contributed by atoms with Gasteiger partial charge in [0.25, 0.3) is 0 Å². The molecule has 0 aliphatic heterocycles. The molecule has 0 saturated heterocycles. The van der Waals surface area contributed by atoms with Crippen molar-refractivity contribution in [1.29, 1.82) is 0 Å². The van der Waals surface area contributed by atoms with Crippen molar-refractivity contribution in [2.45, 2.75) is 0 Å². The van der Waals surface area contributed by atoms with Crippen LogP contribution in [0, 0.1) is 11.6 Å². The summed E-state index contributed by atoms with van der Waals surface area (Å²) >= 11 is 5.79. The van der Waals surface area contributed by atoms with E-state index in [1.807, 2.05) is 0 Å². The third kappa shape index (κ3) is 3.93. The van der Waals surface area contributed by atoms with Crippen molar-refractivity contribution in [3.63, 3.8) is 0 Å². The van der Waals surface area contributed by atoms with Gasteiger partial charge in [-0.3, -0.25) is 4.79 Å². The molecular weight excluding hydrogens is 286 g/mol. The first-order chi connectivity index (χ1) is 9.54. The Bertz CT molecular complexity index is 634. The van der Waals surface area contributed by atoms with Gasteiger partial charge < -0.3 is 10.6 Å². The molecule has 2 aromatic carbocycles. The SMILES string of the molecule is O=C(CNc1ccc(F)c(F)c1)Nc1cccc(Cl)c1. The van der Waals surface area contributed by atoms with E-state index >= 15 is 0 Å². The molecule has 2 N–H and O–H groups in total. The fourth-order valence-electron chi connectivity index (χ4n) is 1.56. The number of nitrogens with one attached hydrogen (secondary N) is 2. The summed E-state index contributed by atoms with van der Waals surface area (Å²) in [7, 11) is 0. The average molecular weight is 297 g/mol. The minimum atomic E-state index is -0.967. The molecule has 0 fully saturated rings. The first-order valence-electron chi connectivity index (χ1n) is 5.79. The largest absolute Gasteiger partial charge is 0.376 e. The van der Waals surface area contributed by atoms with Crippen LogP contribution in [-0.4, -0.2) is 12.5 Å². The van der Waals surface area contributed by atoms with Gasteiger partial charge in [-0.15, -0.1) is 0 Å². The van der Waals surface area contributed by atoms with E-state index in [1.165, 1.54) is 6.07 Å². The monoisotopic (exact) mass is 296 g/mol. The summed E-state index contributed by atoms with van der Waals surface area (Å²) in [5, 5.41) is 5.83. The van der Waals surface area contributed by atoms with Crippen LogP contribution < -0.4 is 10.6 Å². The van der Waals surface area contributed by atoms with Gasteiger partial charge in [0.15, 0.2) is 11.6 Å². The number of hydrogen-bond donors (Lipinski definition) is 2. The molecule has 0 bridgehead atoms. The maximum Gasteiger partial charge on any atom is 0.243 e. The molecule has 0 spiro atoms. The summed E-state index contributed by atoms with van der Waals surface area (Å²) in [6.07, 6.45) is 0. The molecule has 0 saturated carbocycles.